The van der Waals surface area contributed by atoms with Gasteiger partial charge in [-0.1, -0.05) is 29.8 Å². The number of carbonyl (C=O) groups excluding carboxylic acids is 1. The Balaban J connectivity index is 2.07. The van der Waals surface area contributed by atoms with Crippen molar-refractivity contribution < 1.29 is 19.0 Å². The van der Waals surface area contributed by atoms with Crippen molar-refractivity contribution in [2.45, 2.75) is 6.92 Å². The fourth-order valence-electron chi connectivity index (χ4n) is 2.80. The van der Waals surface area contributed by atoms with Gasteiger partial charge >= 0.3 is 23.2 Å². The van der Waals surface area contributed by atoms with Crippen LogP contribution in [0, 0.1) is 6.92 Å². The molecule has 0 aliphatic carbocycles. The Labute approximate surface area is 130 Å². The van der Waals surface area contributed by atoms with Crippen molar-refractivity contribution in [3.8, 4) is 0 Å². The summed E-state index contributed by atoms with van der Waals surface area (Å²) in [7, 11) is 0. The predicted molar refractivity (Wildman–Crippen MR) is 83.2 cm³/mol. The molecule has 0 saturated heterocycles. The Bertz CT molecular complexity index is 1060. The molecule has 4 rings (SSSR count). The van der Waals surface area contributed by atoms with Crippen molar-refractivity contribution in [3.63, 3.8) is 0 Å². The van der Waals surface area contributed by atoms with Crippen LogP contribution in [0.1, 0.15) is 16.1 Å². The van der Waals surface area contributed by atoms with Crippen molar-refractivity contribution >= 4 is 28.6 Å². The van der Waals surface area contributed by atoms with Crippen molar-refractivity contribution in [2.75, 3.05) is 0 Å². The van der Waals surface area contributed by atoms with E-state index in [1.165, 1.54) is 4.57 Å². The van der Waals surface area contributed by atoms with Gasteiger partial charge in [0.1, 0.15) is 5.52 Å². The number of hydrogen-bond donors (Lipinski definition) is 2. The van der Waals surface area contributed by atoms with Crippen molar-refractivity contribution in [1.29, 1.82) is 0 Å². The van der Waals surface area contributed by atoms with E-state index < -0.39 is 11.5 Å². The zero-order chi connectivity index (χ0) is 16.1. The third kappa shape index (κ3) is 1.81. The van der Waals surface area contributed by atoms with Crippen LogP contribution < -0.4 is 10.1 Å². The van der Waals surface area contributed by atoms with Crippen molar-refractivity contribution in [1.82, 2.24) is 4.98 Å². The van der Waals surface area contributed by atoms with Crippen LogP contribution in [0.3, 0.4) is 0 Å². The first-order valence-electron chi connectivity index (χ1n) is 7.12. The summed E-state index contributed by atoms with van der Waals surface area (Å²) in [5.41, 5.74) is 2.00. The maximum Gasteiger partial charge on any atom is 0.645 e. The highest BCUT2D eigenvalue weighted by Crippen LogP contribution is 2.18. The molecule has 0 fully saturated rings. The molecule has 6 nitrogen and oxygen atoms in total. The van der Waals surface area contributed by atoms with Crippen molar-refractivity contribution in [3.05, 3.63) is 70.1 Å². The zero-order valence-corrected chi connectivity index (χ0v) is 12.3. The smallest absolute Gasteiger partial charge is 0.406 e. The summed E-state index contributed by atoms with van der Waals surface area (Å²) < 4.78 is 2.42. The van der Waals surface area contributed by atoms with E-state index >= 15 is 0 Å². The number of aryl methyl sites for hydroxylation is 1. The normalized spacial score (nSPS) is 13.7. The van der Waals surface area contributed by atoms with E-state index in [1.807, 2.05) is 19.1 Å². The molecule has 0 spiro atoms. The zero-order valence-electron chi connectivity index (χ0n) is 12.3. The maximum atomic E-state index is 12.7. The number of fused-ring (bicyclic) bond motifs is 3. The first kappa shape index (κ1) is 13.4. The number of nitrogens with zero attached hydrogens (tertiary/aromatic N) is 2. The number of hydrogen-bond acceptors (Lipinski definition) is 2. The lowest BCUT2D eigenvalue weighted by Gasteiger charge is -1.93. The third-order valence-corrected chi connectivity index (χ3v) is 3.93. The Morgan fingerprint density at radius 1 is 1.00 bits per heavy atom. The lowest BCUT2D eigenvalue weighted by Crippen LogP contribution is -2.49. The Kier molecular flexibility index (Phi) is 2.68. The number of aromatic amines is 1. The molecule has 0 bridgehead atoms. The number of para-hydroxylation sites is 2. The van der Waals surface area contributed by atoms with E-state index in [1.54, 1.807) is 36.4 Å². The molecule has 1 aliphatic rings. The molecule has 1 aromatic heterocycles. The van der Waals surface area contributed by atoms with Crippen LogP contribution in [0.25, 0.3) is 11.0 Å². The molecule has 1 aliphatic heterocycles. The standard InChI is InChI=1S/C17H11N3O3/c1-10-6-8-11(9-7-10)19-16(22)14-15(21)18-12-4-2-3-5-13(12)20(14)17(19)23/h2-9H,1H3/p+2. The van der Waals surface area contributed by atoms with Crippen LogP contribution in [0.15, 0.2) is 53.3 Å². The SMILES string of the molecule is Cc1ccc([N+]2=C(O)[n+]3c(c(=O)[nH]c4ccccc43)C2=O)cc1. The van der Waals surface area contributed by atoms with E-state index in [4.69, 9.17) is 0 Å². The van der Waals surface area contributed by atoms with Gasteiger partial charge in [0, 0.05) is 18.2 Å². The number of aliphatic hydroxyl groups excluding tert-OH is 1. The topological polar surface area (TPSA) is 77.0 Å². The van der Waals surface area contributed by atoms with Crippen LogP contribution >= 0.6 is 0 Å². The van der Waals surface area contributed by atoms with Crippen LogP contribution in [0.5, 0.6) is 0 Å². The van der Waals surface area contributed by atoms with E-state index in [2.05, 4.69) is 4.98 Å². The second-order valence-electron chi connectivity index (χ2n) is 5.43. The number of H-pyrrole nitrogens is 1. The Morgan fingerprint density at radius 3 is 2.43 bits per heavy atom. The van der Waals surface area contributed by atoms with Gasteiger partial charge in [-0.3, -0.25) is 4.79 Å². The fourth-order valence-corrected chi connectivity index (χ4v) is 2.80. The van der Waals surface area contributed by atoms with Crippen LogP contribution in [0.2, 0.25) is 0 Å². The largest absolute Gasteiger partial charge is 0.645 e. The third-order valence-electron chi connectivity index (χ3n) is 3.93. The highest BCUT2D eigenvalue weighted by atomic mass is 16.3. The van der Waals surface area contributed by atoms with Gasteiger partial charge < -0.3 is 10.1 Å². The van der Waals surface area contributed by atoms with Gasteiger partial charge in [0.05, 0.1) is 0 Å². The summed E-state index contributed by atoms with van der Waals surface area (Å²) in [4.78, 5) is 27.6. The number of aromatic nitrogens is 2. The number of carbonyl (C=O) groups is 1. The van der Waals surface area contributed by atoms with E-state index in [0.29, 0.717) is 16.7 Å². The second kappa shape index (κ2) is 4.61. The summed E-state index contributed by atoms with van der Waals surface area (Å²) in [6.45, 7) is 1.93. The minimum absolute atomic E-state index is 0.109. The fraction of sp³-hybridized carbons (Fsp3) is 0.0588. The summed E-state index contributed by atoms with van der Waals surface area (Å²) >= 11 is 0. The number of rotatable bonds is 1. The van der Waals surface area contributed by atoms with Gasteiger partial charge in [0.15, 0.2) is 0 Å². The number of aliphatic hydroxyl groups is 1. The lowest BCUT2D eigenvalue weighted by atomic mass is 10.2. The summed E-state index contributed by atoms with van der Waals surface area (Å²) in [6.07, 6.45) is 0. The Hall–Kier alpha value is -3.28. The minimum atomic E-state index is -0.557. The quantitative estimate of drug-likeness (QED) is 0.667. The molecular formula is C17H13N3O3+2. The van der Waals surface area contributed by atoms with Crippen molar-refractivity contribution in [2.24, 2.45) is 0 Å². The maximum absolute atomic E-state index is 12.7. The summed E-state index contributed by atoms with van der Waals surface area (Å²) in [5.74, 6) is -0.557. The molecule has 0 radical (unpaired) electrons. The summed E-state index contributed by atoms with van der Waals surface area (Å²) in [6, 6.07) is 13.8. The van der Waals surface area contributed by atoms with E-state index in [0.717, 1.165) is 10.1 Å². The molecule has 2 N–H and O–H groups in total. The van der Waals surface area contributed by atoms with Gasteiger partial charge in [0.25, 0.3) is 0 Å². The molecule has 0 atom stereocenters. The van der Waals surface area contributed by atoms with Crippen LogP contribution in [0.4, 0.5) is 5.69 Å². The number of nitrogens with one attached hydrogen (secondary N) is 1. The van der Waals surface area contributed by atoms with Gasteiger partial charge in [-0.05, 0) is 22.1 Å². The minimum Gasteiger partial charge on any atom is -0.406 e. The molecule has 0 saturated carbocycles. The Morgan fingerprint density at radius 2 is 1.70 bits per heavy atom. The first-order chi connectivity index (χ1) is 11.1. The van der Waals surface area contributed by atoms with E-state index in [-0.39, 0.29) is 11.7 Å². The van der Waals surface area contributed by atoms with Crippen LogP contribution in [-0.2, 0) is 0 Å². The van der Waals surface area contributed by atoms with E-state index in [9.17, 15) is 14.7 Å². The van der Waals surface area contributed by atoms with Gasteiger partial charge in [0.2, 0.25) is 11.2 Å². The van der Waals surface area contributed by atoms with Gasteiger partial charge in [-0.15, -0.1) is 0 Å². The second-order valence-corrected chi connectivity index (χ2v) is 5.43. The molecule has 2 heterocycles. The first-order valence-corrected chi connectivity index (χ1v) is 7.12. The molecule has 0 unspecified atom stereocenters. The average molecular weight is 307 g/mol. The van der Waals surface area contributed by atoms with Gasteiger partial charge in [-0.25, -0.2) is 4.79 Å². The molecule has 23 heavy (non-hydrogen) atoms. The lowest BCUT2D eigenvalue weighted by molar-refractivity contribution is -0.569. The summed E-state index contributed by atoms with van der Waals surface area (Å²) in [5, 5.41) is 10.6. The molecular weight excluding hydrogens is 294 g/mol. The number of benzene rings is 2. The molecule has 1 amide bonds. The molecule has 3 aromatic rings. The average Bonchev–Trinajstić information content (AvgIpc) is 2.81. The van der Waals surface area contributed by atoms with Crippen LogP contribution in [-0.4, -0.2) is 26.6 Å². The molecule has 112 valence electrons. The highest BCUT2D eigenvalue weighted by molar-refractivity contribution is 5.94. The number of amides is 1. The monoisotopic (exact) mass is 307 g/mol. The highest BCUT2D eigenvalue weighted by Gasteiger charge is 2.53. The molecule has 2 aromatic carbocycles. The molecule has 6 heteroatoms. The predicted octanol–water partition coefficient (Wildman–Crippen LogP) is 1.38. The van der Waals surface area contributed by atoms with Gasteiger partial charge in [-0.2, -0.15) is 0 Å².